The van der Waals surface area contributed by atoms with Crippen LogP contribution in [0.15, 0.2) is 11.0 Å². The summed E-state index contributed by atoms with van der Waals surface area (Å²) in [5, 5.41) is 7.62. The second kappa shape index (κ2) is 5.17. The Hall–Kier alpha value is -1.57. The van der Waals surface area contributed by atoms with Crippen molar-refractivity contribution in [1.82, 2.24) is 10.2 Å². The number of hydrogen-bond donors (Lipinski definition) is 2. The fourth-order valence-corrected chi connectivity index (χ4v) is 1.35. The van der Waals surface area contributed by atoms with E-state index in [2.05, 4.69) is 10.4 Å². The molecule has 1 atom stereocenters. The molecule has 0 saturated carbocycles. The highest BCUT2D eigenvalue weighted by molar-refractivity contribution is 5.50. The number of H-pyrrole nitrogens is 1. The molecule has 1 rings (SSSR count). The summed E-state index contributed by atoms with van der Waals surface area (Å²) in [6.07, 6.45) is -3.80. The van der Waals surface area contributed by atoms with Gasteiger partial charge in [-0.2, -0.15) is 18.3 Å². The van der Waals surface area contributed by atoms with Gasteiger partial charge in [-0.05, 0) is 6.92 Å². The fraction of sp³-hybridized carbons (Fsp3) is 0.556. The maximum atomic E-state index is 12.6. The largest absolute Gasteiger partial charge is 0.423 e. The van der Waals surface area contributed by atoms with Crippen LogP contribution >= 0.6 is 0 Å². The maximum absolute atomic E-state index is 12.6. The van der Waals surface area contributed by atoms with Crippen molar-refractivity contribution in [2.45, 2.75) is 19.1 Å². The minimum Gasteiger partial charge on any atom is -0.383 e. The van der Waals surface area contributed by atoms with Gasteiger partial charge in [-0.1, -0.05) is 0 Å². The summed E-state index contributed by atoms with van der Waals surface area (Å²) in [7, 11) is 1.43. The smallest absolute Gasteiger partial charge is 0.383 e. The molecule has 2 N–H and O–H groups in total. The predicted molar refractivity (Wildman–Crippen MR) is 54.8 cm³/mol. The Morgan fingerprint density at radius 1 is 1.59 bits per heavy atom. The van der Waals surface area contributed by atoms with E-state index in [1.54, 1.807) is 12.0 Å². The molecule has 0 aliphatic heterocycles. The van der Waals surface area contributed by atoms with Crippen molar-refractivity contribution in [3.05, 3.63) is 22.1 Å². The van der Waals surface area contributed by atoms with E-state index in [0.29, 0.717) is 0 Å². The molecule has 1 aromatic heterocycles. The van der Waals surface area contributed by atoms with Gasteiger partial charge in [0.05, 0.1) is 18.5 Å². The molecule has 1 heterocycles. The van der Waals surface area contributed by atoms with Crippen molar-refractivity contribution in [1.29, 1.82) is 0 Å². The lowest BCUT2D eigenvalue weighted by Crippen LogP contribution is -2.28. The van der Waals surface area contributed by atoms with Crippen molar-refractivity contribution >= 4 is 5.69 Å². The SMILES string of the molecule is COC[C@H](C)Nc1cn[nH]c(=O)c1C(F)(F)F. The van der Waals surface area contributed by atoms with Crippen LogP contribution in [0.2, 0.25) is 0 Å². The minimum absolute atomic E-state index is 0.212. The monoisotopic (exact) mass is 251 g/mol. The first-order valence-corrected chi connectivity index (χ1v) is 4.76. The number of hydrogen-bond acceptors (Lipinski definition) is 4. The molecule has 0 amide bonds. The van der Waals surface area contributed by atoms with E-state index in [-0.39, 0.29) is 18.3 Å². The van der Waals surface area contributed by atoms with Crippen molar-refractivity contribution in [3.63, 3.8) is 0 Å². The summed E-state index contributed by atoms with van der Waals surface area (Å²) in [6.45, 7) is 1.84. The Morgan fingerprint density at radius 3 is 2.76 bits per heavy atom. The number of ether oxygens (including phenoxy) is 1. The lowest BCUT2D eigenvalue weighted by Gasteiger charge is -2.17. The molecule has 0 saturated heterocycles. The molecule has 0 bridgehead atoms. The van der Waals surface area contributed by atoms with Crippen LogP contribution in [0.4, 0.5) is 18.9 Å². The van der Waals surface area contributed by atoms with Crippen molar-refractivity contribution < 1.29 is 17.9 Å². The zero-order valence-electron chi connectivity index (χ0n) is 9.26. The van der Waals surface area contributed by atoms with Gasteiger partial charge in [0.15, 0.2) is 0 Å². The molecule has 0 spiro atoms. The van der Waals surface area contributed by atoms with Gasteiger partial charge in [-0.15, -0.1) is 0 Å². The first-order chi connectivity index (χ1) is 7.86. The lowest BCUT2D eigenvalue weighted by atomic mass is 10.2. The Bertz CT molecular complexity index is 430. The Kier molecular flexibility index (Phi) is 4.11. The summed E-state index contributed by atoms with van der Waals surface area (Å²) >= 11 is 0. The van der Waals surface area contributed by atoms with E-state index in [0.717, 1.165) is 6.20 Å². The third kappa shape index (κ3) is 3.45. The third-order valence-electron chi connectivity index (χ3n) is 1.96. The Balaban J connectivity index is 3.08. The number of alkyl halides is 3. The van der Waals surface area contributed by atoms with E-state index in [9.17, 15) is 18.0 Å². The minimum atomic E-state index is -4.73. The Labute approximate surface area is 95.0 Å². The number of aromatic amines is 1. The maximum Gasteiger partial charge on any atom is 0.423 e. The normalized spacial score (nSPS) is 13.5. The zero-order chi connectivity index (χ0) is 13.1. The first kappa shape index (κ1) is 13.5. The van der Waals surface area contributed by atoms with Gasteiger partial charge in [-0.3, -0.25) is 4.79 Å². The number of nitrogens with one attached hydrogen (secondary N) is 2. The summed E-state index contributed by atoms with van der Waals surface area (Å²) in [6, 6.07) is -0.371. The topological polar surface area (TPSA) is 67.0 Å². The first-order valence-electron chi connectivity index (χ1n) is 4.76. The molecule has 0 aliphatic carbocycles. The van der Waals surface area contributed by atoms with Crippen LogP contribution in [0.3, 0.4) is 0 Å². The summed E-state index contributed by atoms with van der Waals surface area (Å²) < 4.78 is 42.7. The second-order valence-corrected chi connectivity index (χ2v) is 3.49. The second-order valence-electron chi connectivity index (χ2n) is 3.49. The molecule has 1 aromatic rings. The number of aromatic nitrogens is 2. The molecule has 96 valence electrons. The molecule has 0 radical (unpaired) electrons. The molecule has 0 unspecified atom stereocenters. The van der Waals surface area contributed by atoms with Gasteiger partial charge in [0.2, 0.25) is 0 Å². The van der Waals surface area contributed by atoms with Gasteiger partial charge < -0.3 is 10.1 Å². The molecule has 0 fully saturated rings. The number of methoxy groups -OCH3 is 1. The molecular formula is C9H12F3N3O2. The van der Waals surface area contributed by atoms with Crippen LogP contribution in [0.25, 0.3) is 0 Å². The van der Waals surface area contributed by atoms with Crippen molar-refractivity contribution in [2.75, 3.05) is 19.0 Å². The van der Waals surface area contributed by atoms with Gasteiger partial charge in [0, 0.05) is 13.2 Å². The molecular weight excluding hydrogens is 239 g/mol. The van der Waals surface area contributed by atoms with Gasteiger partial charge in [-0.25, -0.2) is 5.10 Å². The van der Waals surface area contributed by atoms with E-state index >= 15 is 0 Å². The van der Waals surface area contributed by atoms with Gasteiger partial charge in [0.25, 0.3) is 5.56 Å². The third-order valence-corrected chi connectivity index (χ3v) is 1.96. The van der Waals surface area contributed by atoms with Gasteiger partial charge in [0.1, 0.15) is 5.56 Å². The van der Waals surface area contributed by atoms with Crippen molar-refractivity contribution in [3.8, 4) is 0 Å². The molecule has 0 aliphatic rings. The highest BCUT2D eigenvalue weighted by atomic mass is 19.4. The number of rotatable bonds is 4. The van der Waals surface area contributed by atoms with E-state index < -0.39 is 17.3 Å². The van der Waals surface area contributed by atoms with Crippen LogP contribution in [-0.2, 0) is 10.9 Å². The average Bonchev–Trinajstić information content (AvgIpc) is 2.15. The number of halogens is 3. The fourth-order valence-electron chi connectivity index (χ4n) is 1.35. The quantitative estimate of drug-likeness (QED) is 0.844. The van der Waals surface area contributed by atoms with Crippen LogP contribution in [0.1, 0.15) is 12.5 Å². The van der Waals surface area contributed by atoms with Crippen molar-refractivity contribution in [2.24, 2.45) is 0 Å². The standard InChI is InChI=1S/C9H12F3N3O2/c1-5(4-17-2)14-6-3-13-15-8(16)7(6)9(10,11)12/h3,5H,4H2,1-2H3,(H2,14,15,16)/t5-/m0/s1. The predicted octanol–water partition coefficient (Wildman–Crippen LogP) is 1.24. The molecule has 8 heteroatoms. The van der Waals surface area contributed by atoms with Crippen LogP contribution < -0.4 is 10.9 Å². The zero-order valence-corrected chi connectivity index (χ0v) is 9.26. The van der Waals surface area contributed by atoms with Crippen LogP contribution in [-0.4, -0.2) is 30.0 Å². The number of anilines is 1. The van der Waals surface area contributed by atoms with Crippen LogP contribution in [0.5, 0.6) is 0 Å². The molecule has 0 aromatic carbocycles. The molecule has 17 heavy (non-hydrogen) atoms. The highest BCUT2D eigenvalue weighted by Gasteiger charge is 2.37. The van der Waals surface area contributed by atoms with Crippen LogP contribution in [0, 0.1) is 0 Å². The highest BCUT2D eigenvalue weighted by Crippen LogP contribution is 2.31. The number of nitrogens with zero attached hydrogens (tertiary/aromatic N) is 1. The van der Waals surface area contributed by atoms with E-state index in [4.69, 9.17) is 4.74 Å². The average molecular weight is 251 g/mol. The Morgan fingerprint density at radius 2 is 2.24 bits per heavy atom. The van der Waals surface area contributed by atoms with E-state index in [1.165, 1.54) is 7.11 Å². The summed E-state index contributed by atoms with van der Waals surface area (Å²) in [5.41, 5.74) is -2.91. The summed E-state index contributed by atoms with van der Waals surface area (Å²) in [5.74, 6) is 0. The van der Waals surface area contributed by atoms with E-state index in [1.807, 2.05) is 0 Å². The van der Waals surface area contributed by atoms with Gasteiger partial charge >= 0.3 is 6.18 Å². The summed E-state index contributed by atoms with van der Waals surface area (Å²) in [4.78, 5) is 11.1. The molecule has 5 nitrogen and oxygen atoms in total. The lowest BCUT2D eigenvalue weighted by molar-refractivity contribution is -0.138.